The van der Waals surface area contributed by atoms with Gasteiger partial charge in [0.05, 0.1) is 69.8 Å². The predicted molar refractivity (Wildman–Crippen MR) is 590 cm³/mol. The van der Waals surface area contributed by atoms with Crippen molar-refractivity contribution < 1.29 is 0 Å². The fraction of sp³-hybridized carbons (Fsp3) is 0.750. The van der Waals surface area contributed by atoms with Gasteiger partial charge < -0.3 is 0 Å². The smallest absolute Gasteiger partial charge is 0.0939 e. The van der Waals surface area contributed by atoms with E-state index in [4.69, 9.17) is 19.9 Å². The number of hydrogen-bond acceptors (Lipinski definition) is 11. The van der Waals surface area contributed by atoms with Crippen LogP contribution >= 0.6 is 111 Å². The van der Waals surface area contributed by atoms with Crippen molar-refractivity contribution >= 4 is 173 Å². The molecule has 712 valence electrons. The van der Waals surface area contributed by atoms with Gasteiger partial charge in [-0.1, -0.05) is 307 Å². The summed E-state index contributed by atoms with van der Waals surface area (Å²) in [4.78, 5) is 24.3. The quantitative estimate of drug-likeness (QED) is 0.0282. The van der Waals surface area contributed by atoms with E-state index in [1.807, 2.05) is 70.9 Å². The number of fused-ring (bicyclic) bond motifs is 4. The van der Waals surface area contributed by atoms with Crippen molar-refractivity contribution in [2.75, 3.05) is 0 Å². The van der Waals surface area contributed by atoms with Gasteiger partial charge >= 0.3 is 180 Å². The molecule has 4 nitrogen and oxygen atoms in total. The van der Waals surface area contributed by atoms with Gasteiger partial charge in [0, 0.05) is 20.9 Å². The molecule has 0 radical (unpaired) electrons. The number of hydrogen-bond donors (Lipinski definition) is 0. The van der Waals surface area contributed by atoms with Gasteiger partial charge in [-0.05, 0) is 167 Å². The zero-order chi connectivity index (χ0) is 90.2. The Labute approximate surface area is 824 Å². The number of rotatable bonds is 73. The average molecular weight is 2090 g/mol. The van der Waals surface area contributed by atoms with Crippen molar-refractivity contribution in [3.05, 3.63) is 80.0 Å². The Bertz CT molecular complexity index is 3870. The topological polar surface area (TPSA) is 51.6 Å². The van der Waals surface area contributed by atoms with Crippen LogP contribution < -0.4 is 2.89 Å². The zero-order valence-electron chi connectivity index (χ0n) is 83.3. The van der Waals surface area contributed by atoms with Gasteiger partial charge in [-0.15, -0.1) is 68.0 Å². The average Bonchev–Trinajstić information content (AvgIpc) is 1.61. The van der Waals surface area contributed by atoms with Crippen LogP contribution in [0.25, 0.3) is 61.7 Å². The number of thiazole rings is 4. The SMILES string of the molecule is CCCCC(CC)CCc1nc2c(Br)c3sc(CCC(CC)CCCC)nc3c(Br)c2s1.CCCCCCCCCCCCc1cs[c]([Sn]([CH2]CCC)([CH2]CCC)[CH2]CCC)c1.CCCCCCCCCCCCc1csc(-c2c3nc(CCC(CC)CCCC)sc3c(-c3cc(CCCCCCCCCCCC)cs3)c3nc(CCC(CC)CCCC)sc23)c1. The second-order valence-electron chi connectivity index (χ2n) is 38.7. The summed E-state index contributed by atoms with van der Waals surface area (Å²) in [5.74, 6) is 3.23. The molecular weight excluding hydrogens is 1900 g/mol. The van der Waals surface area contributed by atoms with Crippen molar-refractivity contribution in [1.82, 2.24) is 19.9 Å². The molecule has 0 aliphatic heterocycles. The van der Waals surface area contributed by atoms with E-state index in [-0.39, 0.29) is 0 Å². The summed E-state index contributed by atoms with van der Waals surface area (Å²) < 4.78 is 14.3. The molecule has 7 heterocycles. The zero-order valence-corrected chi connectivity index (χ0v) is 95.1. The summed E-state index contributed by atoms with van der Waals surface area (Å²) in [5.41, 5.74) is 12.2. The van der Waals surface area contributed by atoms with Gasteiger partial charge in [0.25, 0.3) is 0 Å². The molecule has 0 saturated carbocycles. The number of thiophene rings is 3. The second kappa shape index (κ2) is 68.0. The van der Waals surface area contributed by atoms with Crippen LogP contribution in [0.15, 0.2) is 43.3 Å². The van der Waals surface area contributed by atoms with Crippen LogP contribution in [0.1, 0.15) is 493 Å². The standard InChI is InChI=1S/C58H92N2S4.C26H38Br2N2S2.C16H27S.3C4H9.Sn/c1-7-13-17-19-21-23-25-27-29-31-35-47-41-49(61-43-47)53-55-58(64-51(59-55)39-37-45(11-5)33-15-9-3)54(56-57(53)63-52(60-56)40-38-46(12-6)34-16-10-4)50-42-48(44-62-50)36-32-30-28-26-24-22-20-18-14-8-2;1-5-9-11-17(7-3)13-15-19-29-23-21(27)26-24(22(28)25(23)31-19)30-20(32-26)16-14-18(8-4)12-10-6-2;1-2-3-4-5-6-7-8-9-10-11-12-16-13-14-17-15-16;3*1-3-4-2;/h41-46H,7-40H2,1-6H3;17-18H,5-16H2,1-4H3;13,15H,2-12H2,1H3;3*1,3-4H2,2H3;. The summed E-state index contributed by atoms with van der Waals surface area (Å²) in [6.07, 6.45) is 84.9. The van der Waals surface area contributed by atoms with Crippen LogP contribution in [-0.4, -0.2) is 38.3 Å². The van der Waals surface area contributed by atoms with Crippen molar-refractivity contribution in [1.29, 1.82) is 0 Å². The van der Waals surface area contributed by atoms with Gasteiger partial charge in [-0.2, -0.15) is 0 Å². The molecule has 0 saturated heterocycles. The third-order valence-electron chi connectivity index (χ3n) is 28.1. The number of halogens is 2. The molecular formula is C112H184Br2N4S7Sn. The number of benzene rings is 2. The van der Waals surface area contributed by atoms with Crippen LogP contribution in [0.2, 0.25) is 13.3 Å². The first-order valence-corrected chi connectivity index (χ1v) is 68.8. The van der Waals surface area contributed by atoms with E-state index in [0.717, 1.165) is 69.3 Å². The first kappa shape index (κ1) is 112. The first-order valence-electron chi connectivity index (χ1n) is 53.8. The fourth-order valence-corrected chi connectivity index (χ4v) is 47.6. The minimum atomic E-state index is -2.17. The summed E-state index contributed by atoms with van der Waals surface area (Å²) >= 11 is 19.4. The molecule has 0 amide bonds. The first-order chi connectivity index (χ1) is 61.8. The Hall–Kier alpha value is -1.14. The number of aryl methyl sites for hydroxylation is 7. The van der Waals surface area contributed by atoms with E-state index in [0.29, 0.717) is 0 Å². The van der Waals surface area contributed by atoms with E-state index in [1.165, 1.54) is 461 Å². The Morgan fingerprint density at radius 2 is 0.500 bits per heavy atom. The van der Waals surface area contributed by atoms with E-state index in [1.54, 1.807) is 18.9 Å². The molecule has 0 bridgehead atoms. The van der Waals surface area contributed by atoms with Crippen LogP contribution in [0, 0.1) is 23.7 Å². The minimum Gasteiger partial charge on any atom is -0.240 e. The van der Waals surface area contributed by atoms with Crippen molar-refractivity contribution in [3.8, 4) is 20.9 Å². The molecule has 9 aromatic rings. The Balaban J connectivity index is 0.000000292. The predicted octanol–water partition coefficient (Wildman–Crippen LogP) is 42.6. The number of nitrogens with zero attached hydrogens (tertiary/aromatic N) is 4. The summed E-state index contributed by atoms with van der Waals surface area (Å²) in [6, 6.07) is 7.82. The molecule has 0 fully saturated rings. The van der Waals surface area contributed by atoms with E-state index < -0.39 is 18.4 Å². The second-order valence-corrected chi connectivity index (χ2v) is 61.5. The third-order valence-corrected chi connectivity index (χ3v) is 56.0. The van der Waals surface area contributed by atoms with Crippen LogP contribution in [-0.2, 0) is 44.9 Å². The van der Waals surface area contributed by atoms with E-state index in [2.05, 4.69) is 174 Å². The van der Waals surface area contributed by atoms with Crippen molar-refractivity contribution in [2.24, 2.45) is 23.7 Å². The summed E-state index contributed by atoms with van der Waals surface area (Å²) in [7, 11) is 0. The molecule has 14 heteroatoms. The molecule has 7 aromatic heterocycles. The number of unbranched alkanes of at least 4 members (excludes halogenated alkanes) is 34. The van der Waals surface area contributed by atoms with Gasteiger partial charge in [0.1, 0.15) is 0 Å². The molecule has 9 rings (SSSR count). The van der Waals surface area contributed by atoms with Crippen molar-refractivity contribution in [3.63, 3.8) is 0 Å². The summed E-state index contributed by atoms with van der Waals surface area (Å²) in [6.45, 7) is 32.8. The molecule has 0 aliphatic rings. The molecule has 0 aliphatic carbocycles. The maximum atomic E-state index is 5.70. The van der Waals surface area contributed by atoms with Gasteiger partial charge in [-0.25, -0.2) is 19.9 Å². The summed E-state index contributed by atoms with van der Waals surface area (Å²) in [5, 5.41) is 12.7. The van der Waals surface area contributed by atoms with Gasteiger partial charge in [0.15, 0.2) is 0 Å². The third kappa shape index (κ3) is 39.5. The number of aromatic nitrogens is 4. The maximum absolute atomic E-state index is 5.70. The van der Waals surface area contributed by atoms with Gasteiger partial charge in [0.2, 0.25) is 0 Å². The minimum absolute atomic E-state index is 0.791. The van der Waals surface area contributed by atoms with Crippen LogP contribution in [0.5, 0.6) is 0 Å². The van der Waals surface area contributed by atoms with Gasteiger partial charge in [-0.3, -0.25) is 0 Å². The van der Waals surface area contributed by atoms with Crippen LogP contribution in [0.3, 0.4) is 0 Å². The largest absolute Gasteiger partial charge is 0.240 e. The Morgan fingerprint density at radius 1 is 0.254 bits per heavy atom. The fourth-order valence-electron chi connectivity index (χ4n) is 19.3. The maximum Gasteiger partial charge on any atom is 0.0939 e. The molecule has 0 spiro atoms. The van der Waals surface area contributed by atoms with E-state index in [9.17, 15) is 0 Å². The molecule has 2 aromatic carbocycles. The molecule has 0 N–H and O–H groups in total. The normalized spacial score (nSPS) is 13.0. The van der Waals surface area contributed by atoms with E-state index >= 15 is 0 Å². The molecule has 4 unspecified atom stereocenters. The Morgan fingerprint density at radius 3 is 0.778 bits per heavy atom. The van der Waals surface area contributed by atoms with Crippen molar-refractivity contribution in [2.45, 2.75) is 515 Å². The molecule has 126 heavy (non-hydrogen) atoms. The monoisotopic (exact) mass is 2090 g/mol. The Kier molecular flexibility index (Phi) is 60.3. The van der Waals surface area contributed by atoms with Crippen LogP contribution in [0.4, 0.5) is 0 Å². The molecule has 4 atom stereocenters.